The second kappa shape index (κ2) is 6.22. The molecule has 0 radical (unpaired) electrons. The highest BCUT2D eigenvalue weighted by Crippen LogP contribution is 2.32. The Bertz CT molecular complexity index is 615. The number of carboxylic acids is 1. The van der Waals surface area contributed by atoms with Crippen LogP contribution in [0, 0.1) is 5.41 Å². The Hall–Kier alpha value is -2.05. The van der Waals surface area contributed by atoms with Crippen molar-refractivity contribution in [1.29, 1.82) is 0 Å². The number of halogens is 3. The van der Waals surface area contributed by atoms with E-state index in [4.69, 9.17) is 0 Å². The van der Waals surface area contributed by atoms with Crippen LogP contribution in [0.25, 0.3) is 0 Å². The normalized spacial score (nSPS) is 21.5. The zero-order valence-electron chi connectivity index (χ0n) is 12.7. The molecule has 1 aliphatic rings. The van der Waals surface area contributed by atoms with Crippen LogP contribution in [-0.4, -0.2) is 41.1 Å². The van der Waals surface area contributed by atoms with Crippen LogP contribution in [0.2, 0.25) is 0 Å². The lowest BCUT2D eigenvalue weighted by atomic mass is 9.90. The summed E-state index contributed by atoms with van der Waals surface area (Å²) in [5.41, 5.74) is -0.457. The number of carbonyl (C=O) groups excluding carboxylic acids is 1. The van der Waals surface area contributed by atoms with Gasteiger partial charge >= 0.3 is 12.1 Å². The highest BCUT2D eigenvalue weighted by atomic mass is 19.4. The molecule has 2 rings (SSSR count). The lowest BCUT2D eigenvalue weighted by Gasteiger charge is -2.21. The third-order valence-corrected chi connectivity index (χ3v) is 4.20. The van der Waals surface area contributed by atoms with Crippen molar-refractivity contribution in [3.63, 3.8) is 0 Å². The van der Waals surface area contributed by atoms with Gasteiger partial charge in [0.1, 0.15) is 0 Å². The Morgan fingerprint density at radius 1 is 1.30 bits per heavy atom. The Kier molecular flexibility index (Phi) is 4.68. The van der Waals surface area contributed by atoms with Gasteiger partial charge in [-0.05, 0) is 31.4 Å². The number of nitrogens with zero attached hydrogens (tertiary/aromatic N) is 1. The van der Waals surface area contributed by atoms with E-state index < -0.39 is 29.9 Å². The standard InChI is InChI=1S/C16H18F3NO3/c1-15(14(22)23)8-9-20(10-15)13(21)12-5-3-2-4-11(12)6-7-16(17,18)19/h2-5H,6-10H2,1H3,(H,22,23). The Morgan fingerprint density at radius 3 is 2.52 bits per heavy atom. The minimum absolute atomic E-state index is 0.0643. The highest BCUT2D eigenvalue weighted by molar-refractivity contribution is 5.96. The minimum Gasteiger partial charge on any atom is -0.481 e. The lowest BCUT2D eigenvalue weighted by Crippen LogP contribution is -2.35. The molecule has 1 aliphatic heterocycles. The van der Waals surface area contributed by atoms with Gasteiger partial charge in [-0.1, -0.05) is 18.2 Å². The molecule has 1 aromatic carbocycles. The maximum Gasteiger partial charge on any atom is 0.389 e. The number of aryl methyl sites for hydroxylation is 1. The molecular formula is C16H18F3NO3. The van der Waals surface area contributed by atoms with Crippen molar-refractivity contribution in [1.82, 2.24) is 4.90 Å². The summed E-state index contributed by atoms with van der Waals surface area (Å²) in [5, 5.41) is 9.21. The van der Waals surface area contributed by atoms with Crippen molar-refractivity contribution in [2.24, 2.45) is 5.41 Å². The molecule has 7 heteroatoms. The molecule has 126 valence electrons. The summed E-state index contributed by atoms with van der Waals surface area (Å²) in [6.07, 6.45) is -5.22. The summed E-state index contributed by atoms with van der Waals surface area (Å²) < 4.78 is 37.2. The molecule has 0 saturated carbocycles. The van der Waals surface area contributed by atoms with Crippen molar-refractivity contribution in [3.05, 3.63) is 35.4 Å². The first kappa shape index (κ1) is 17.3. The molecule has 1 saturated heterocycles. The highest BCUT2D eigenvalue weighted by Gasteiger charge is 2.42. The third kappa shape index (κ3) is 4.03. The maximum atomic E-state index is 12.6. The fourth-order valence-corrected chi connectivity index (χ4v) is 2.70. The van der Waals surface area contributed by atoms with Crippen LogP contribution < -0.4 is 0 Å². The van der Waals surface area contributed by atoms with Crippen LogP contribution in [0.3, 0.4) is 0 Å². The SMILES string of the molecule is CC1(C(=O)O)CCN(C(=O)c2ccccc2CCC(F)(F)F)C1. The zero-order valence-corrected chi connectivity index (χ0v) is 12.7. The number of carbonyl (C=O) groups is 2. The van der Waals surface area contributed by atoms with E-state index in [9.17, 15) is 27.9 Å². The molecule has 23 heavy (non-hydrogen) atoms. The summed E-state index contributed by atoms with van der Waals surface area (Å²) >= 11 is 0. The molecular weight excluding hydrogens is 311 g/mol. The van der Waals surface area contributed by atoms with Crippen LogP contribution in [0.4, 0.5) is 13.2 Å². The number of hydrogen-bond acceptors (Lipinski definition) is 2. The van der Waals surface area contributed by atoms with E-state index in [2.05, 4.69) is 0 Å². The quantitative estimate of drug-likeness (QED) is 0.923. The average molecular weight is 329 g/mol. The van der Waals surface area contributed by atoms with Crippen LogP contribution >= 0.6 is 0 Å². The fourth-order valence-electron chi connectivity index (χ4n) is 2.70. The molecule has 1 N–H and O–H groups in total. The topological polar surface area (TPSA) is 57.6 Å². The van der Waals surface area contributed by atoms with Crippen LogP contribution in [0.1, 0.15) is 35.7 Å². The summed E-state index contributed by atoms with van der Waals surface area (Å²) in [6, 6.07) is 6.18. The maximum absolute atomic E-state index is 12.6. The third-order valence-electron chi connectivity index (χ3n) is 4.20. The molecule has 0 aliphatic carbocycles. The molecule has 1 unspecified atom stereocenters. The van der Waals surface area contributed by atoms with E-state index in [-0.39, 0.29) is 25.1 Å². The zero-order chi connectivity index (χ0) is 17.3. The predicted octanol–water partition coefficient (Wildman–Crippen LogP) is 3.12. The van der Waals surface area contributed by atoms with Gasteiger partial charge in [0.2, 0.25) is 0 Å². The van der Waals surface area contributed by atoms with Crippen LogP contribution in [-0.2, 0) is 11.2 Å². The molecule has 4 nitrogen and oxygen atoms in total. The summed E-state index contributed by atoms with van der Waals surface area (Å²) in [4.78, 5) is 25.2. The second-order valence-corrected chi connectivity index (χ2v) is 6.11. The van der Waals surface area contributed by atoms with E-state index in [0.717, 1.165) is 0 Å². The molecule has 1 heterocycles. The minimum atomic E-state index is -4.29. The second-order valence-electron chi connectivity index (χ2n) is 6.11. The Balaban J connectivity index is 2.16. The molecule has 0 aromatic heterocycles. The number of hydrogen-bond donors (Lipinski definition) is 1. The Morgan fingerprint density at radius 2 is 1.96 bits per heavy atom. The van der Waals surface area contributed by atoms with Gasteiger partial charge in [-0.3, -0.25) is 9.59 Å². The van der Waals surface area contributed by atoms with Gasteiger partial charge < -0.3 is 10.0 Å². The monoisotopic (exact) mass is 329 g/mol. The van der Waals surface area contributed by atoms with Crippen LogP contribution in [0.15, 0.2) is 24.3 Å². The fraction of sp³-hybridized carbons (Fsp3) is 0.500. The summed E-state index contributed by atoms with van der Waals surface area (Å²) in [6.45, 7) is 1.92. The predicted molar refractivity (Wildman–Crippen MR) is 77.1 cm³/mol. The van der Waals surface area contributed by atoms with Crippen molar-refractivity contribution >= 4 is 11.9 Å². The smallest absolute Gasteiger partial charge is 0.389 e. The largest absolute Gasteiger partial charge is 0.481 e. The first-order valence-corrected chi connectivity index (χ1v) is 7.30. The van der Waals surface area contributed by atoms with Gasteiger partial charge in [-0.25, -0.2) is 0 Å². The van der Waals surface area contributed by atoms with E-state index in [1.54, 1.807) is 19.1 Å². The summed E-state index contributed by atoms with van der Waals surface area (Å²) in [7, 11) is 0. The van der Waals surface area contributed by atoms with Crippen molar-refractivity contribution in [3.8, 4) is 0 Å². The van der Waals surface area contributed by atoms with E-state index in [1.807, 2.05) is 0 Å². The first-order valence-electron chi connectivity index (χ1n) is 7.30. The number of alkyl halides is 3. The first-order chi connectivity index (χ1) is 10.6. The van der Waals surface area contributed by atoms with E-state index >= 15 is 0 Å². The van der Waals surface area contributed by atoms with Gasteiger partial charge in [0.15, 0.2) is 0 Å². The lowest BCUT2D eigenvalue weighted by molar-refractivity contribution is -0.147. The van der Waals surface area contributed by atoms with Gasteiger partial charge in [0.25, 0.3) is 5.91 Å². The van der Waals surface area contributed by atoms with Gasteiger partial charge in [0.05, 0.1) is 5.41 Å². The Labute approximate surface area is 131 Å². The molecule has 1 fully saturated rings. The molecule has 0 spiro atoms. The van der Waals surface area contributed by atoms with Gasteiger partial charge in [0, 0.05) is 25.1 Å². The van der Waals surface area contributed by atoms with Crippen molar-refractivity contribution in [2.75, 3.05) is 13.1 Å². The number of amides is 1. The molecule has 1 atom stereocenters. The molecule has 1 aromatic rings. The number of rotatable bonds is 4. The van der Waals surface area contributed by atoms with Gasteiger partial charge in [-0.15, -0.1) is 0 Å². The number of aliphatic carboxylic acids is 1. The molecule has 1 amide bonds. The van der Waals surface area contributed by atoms with E-state index in [1.165, 1.54) is 17.0 Å². The summed E-state index contributed by atoms with van der Waals surface area (Å²) in [5.74, 6) is -1.38. The number of carboxylic acid groups (broad SMARTS) is 1. The van der Waals surface area contributed by atoms with E-state index in [0.29, 0.717) is 12.0 Å². The molecule has 0 bridgehead atoms. The number of benzene rings is 1. The average Bonchev–Trinajstić information content (AvgIpc) is 2.88. The van der Waals surface area contributed by atoms with Gasteiger partial charge in [-0.2, -0.15) is 13.2 Å². The van der Waals surface area contributed by atoms with Crippen molar-refractivity contribution in [2.45, 2.75) is 32.4 Å². The number of likely N-dealkylation sites (tertiary alicyclic amines) is 1. The van der Waals surface area contributed by atoms with Crippen molar-refractivity contribution < 1.29 is 27.9 Å². The van der Waals surface area contributed by atoms with Crippen LogP contribution in [0.5, 0.6) is 0 Å².